The van der Waals surface area contributed by atoms with Crippen LogP contribution in [0.1, 0.15) is 25.7 Å². The fourth-order valence-corrected chi connectivity index (χ4v) is 2.81. The van der Waals surface area contributed by atoms with Crippen LogP contribution in [0, 0.1) is 0 Å². The molecule has 0 spiro atoms. The van der Waals surface area contributed by atoms with Crippen LogP contribution >= 0.6 is 36.4 Å². The van der Waals surface area contributed by atoms with Crippen LogP contribution in [-0.4, -0.2) is 36.9 Å². The molecule has 0 aliphatic rings. The van der Waals surface area contributed by atoms with E-state index in [1.54, 1.807) is 24.3 Å². The monoisotopic (exact) mass is 542 g/mol. The van der Waals surface area contributed by atoms with Gasteiger partial charge in [-0.15, -0.1) is 24.8 Å². The van der Waals surface area contributed by atoms with Gasteiger partial charge in [0.2, 0.25) is 23.8 Å². The maximum Gasteiger partial charge on any atom is 0.218 e. The minimum Gasteiger partial charge on any atom is -0.369 e. The number of rotatable bonds is 9. The molecule has 0 saturated heterocycles. The molecule has 2 aromatic rings. The number of benzene rings is 2. The third kappa shape index (κ3) is 14.6. The van der Waals surface area contributed by atoms with E-state index in [4.69, 9.17) is 34.5 Å². The van der Waals surface area contributed by atoms with Crippen molar-refractivity contribution in [1.29, 1.82) is 0 Å². The molecule has 0 aliphatic heterocycles. The highest BCUT2D eigenvalue weighted by atomic mass is 35.5. The summed E-state index contributed by atoms with van der Waals surface area (Å²) in [5.41, 5.74) is 24.8. The van der Waals surface area contributed by atoms with E-state index in [0.717, 1.165) is 37.1 Å². The van der Waals surface area contributed by atoms with Gasteiger partial charge in [0, 0.05) is 29.5 Å². The number of nitrogens with zero attached hydrogens (tertiary/aromatic N) is 4. The van der Waals surface area contributed by atoms with Gasteiger partial charge in [-0.25, -0.2) is 0 Å². The Hall–Kier alpha value is -3.21. The van der Waals surface area contributed by atoms with E-state index in [2.05, 4.69) is 30.6 Å². The molecule has 2 rings (SSSR count). The molecule has 0 saturated carbocycles. The molecule has 0 aliphatic carbocycles. The number of hydrogen-bond acceptors (Lipinski definition) is 2. The predicted molar refractivity (Wildman–Crippen MR) is 154 cm³/mol. The number of para-hydroxylation sites is 1. The van der Waals surface area contributed by atoms with Crippen molar-refractivity contribution in [2.45, 2.75) is 25.7 Å². The van der Waals surface area contributed by atoms with E-state index in [0.29, 0.717) is 18.1 Å². The first-order chi connectivity index (χ1) is 15.9. The SMILES string of the molecule is Cl.Cl.NC(=NCCCCCCN=C(N)N=C(N)Nc1ccc(Cl)cc1)N=C(N)Nc1ccccc1. The highest BCUT2D eigenvalue weighted by Gasteiger charge is 1.98. The van der Waals surface area contributed by atoms with Crippen molar-refractivity contribution in [3.8, 4) is 0 Å². The second-order valence-electron chi connectivity index (χ2n) is 7.01. The number of hydrogen-bond donors (Lipinski definition) is 6. The fourth-order valence-electron chi connectivity index (χ4n) is 2.69. The smallest absolute Gasteiger partial charge is 0.218 e. The molecular formula is C22H33Cl3N10. The van der Waals surface area contributed by atoms with E-state index >= 15 is 0 Å². The number of halogens is 3. The average molecular weight is 544 g/mol. The van der Waals surface area contributed by atoms with Crippen LogP contribution in [0.25, 0.3) is 0 Å². The second-order valence-corrected chi connectivity index (χ2v) is 7.45. The van der Waals surface area contributed by atoms with Gasteiger partial charge in [-0.3, -0.25) is 9.98 Å². The van der Waals surface area contributed by atoms with E-state index < -0.39 is 0 Å². The number of aliphatic imine (C=N–C) groups is 4. The Kier molecular flexibility index (Phi) is 16.5. The lowest BCUT2D eigenvalue weighted by Crippen LogP contribution is -2.26. The topological polar surface area (TPSA) is 178 Å². The zero-order valence-corrected chi connectivity index (χ0v) is 21.6. The van der Waals surface area contributed by atoms with E-state index in [1.807, 2.05) is 30.3 Å². The molecule has 0 aromatic heterocycles. The van der Waals surface area contributed by atoms with E-state index in [9.17, 15) is 0 Å². The lowest BCUT2D eigenvalue weighted by molar-refractivity contribution is 0.653. The molecule has 0 atom stereocenters. The molecule has 0 unspecified atom stereocenters. The number of unbranched alkanes of at least 4 members (excludes halogenated alkanes) is 3. The summed E-state index contributed by atoms with van der Waals surface area (Å²) in [4.78, 5) is 16.5. The van der Waals surface area contributed by atoms with Crippen molar-refractivity contribution in [3.05, 3.63) is 59.6 Å². The summed E-state index contributed by atoms with van der Waals surface area (Å²) in [6.45, 7) is 1.15. The molecule has 192 valence electrons. The average Bonchev–Trinajstić information content (AvgIpc) is 2.77. The fraction of sp³-hybridized carbons (Fsp3) is 0.273. The van der Waals surface area contributed by atoms with Crippen LogP contribution in [0.3, 0.4) is 0 Å². The number of nitrogens with two attached hydrogens (primary N) is 4. The number of anilines is 2. The van der Waals surface area contributed by atoms with Crippen molar-refractivity contribution in [1.82, 2.24) is 0 Å². The summed E-state index contributed by atoms with van der Waals surface area (Å²) in [5.74, 6) is 0.641. The lowest BCUT2D eigenvalue weighted by Gasteiger charge is -2.05. The highest BCUT2D eigenvalue weighted by molar-refractivity contribution is 6.30. The zero-order chi connectivity index (χ0) is 23.9. The van der Waals surface area contributed by atoms with Crippen LogP contribution in [0.4, 0.5) is 11.4 Å². The van der Waals surface area contributed by atoms with Crippen molar-refractivity contribution in [2.75, 3.05) is 23.7 Å². The van der Waals surface area contributed by atoms with Crippen LogP contribution in [-0.2, 0) is 0 Å². The van der Waals surface area contributed by atoms with Gasteiger partial charge in [-0.1, -0.05) is 42.6 Å². The zero-order valence-electron chi connectivity index (χ0n) is 19.2. The van der Waals surface area contributed by atoms with Gasteiger partial charge < -0.3 is 33.6 Å². The lowest BCUT2D eigenvalue weighted by atomic mass is 10.2. The quantitative estimate of drug-likeness (QED) is 0.160. The number of nitrogens with one attached hydrogen (secondary N) is 2. The summed E-state index contributed by atoms with van der Waals surface area (Å²) in [6.07, 6.45) is 3.73. The Morgan fingerprint density at radius 3 is 1.51 bits per heavy atom. The van der Waals surface area contributed by atoms with Crippen LogP contribution in [0.5, 0.6) is 0 Å². The van der Waals surface area contributed by atoms with Crippen molar-refractivity contribution in [3.63, 3.8) is 0 Å². The first-order valence-electron chi connectivity index (χ1n) is 10.5. The highest BCUT2D eigenvalue weighted by Crippen LogP contribution is 2.12. The minimum absolute atomic E-state index is 0. The summed E-state index contributed by atoms with van der Waals surface area (Å²) in [6, 6.07) is 16.6. The molecule has 10 nitrogen and oxygen atoms in total. The molecule has 0 amide bonds. The van der Waals surface area contributed by atoms with Crippen LogP contribution in [0.2, 0.25) is 5.02 Å². The van der Waals surface area contributed by atoms with Gasteiger partial charge in [0.25, 0.3) is 0 Å². The Morgan fingerprint density at radius 1 is 0.629 bits per heavy atom. The summed E-state index contributed by atoms with van der Waals surface area (Å²) in [7, 11) is 0. The predicted octanol–water partition coefficient (Wildman–Crippen LogP) is 3.53. The van der Waals surface area contributed by atoms with Gasteiger partial charge in [-0.2, -0.15) is 9.98 Å². The Bertz CT molecular complexity index is 977. The van der Waals surface area contributed by atoms with Gasteiger partial charge in [0.15, 0.2) is 0 Å². The summed E-state index contributed by atoms with van der Waals surface area (Å²) in [5, 5.41) is 6.51. The Labute approximate surface area is 223 Å². The molecule has 0 bridgehead atoms. The van der Waals surface area contributed by atoms with Gasteiger partial charge in [0.1, 0.15) is 0 Å². The second kappa shape index (κ2) is 18.2. The molecule has 0 radical (unpaired) electrons. The van der Waals surface area contributed by atoms with Crippen molar-refractivity contribution >= 4 is 71.6 Å². The van der Waals surface area contributed by atoms with Crippen LogP contribution in [0.15, 0.2) is 74.6 Å². The summed E-state index contributed by atoms with van der Waals surface area (Å²) < 4.78 is 0. The summed E-state index contributed by atoms with van der Waals surface area (Å²) >= 11 is 5.85. The Balaban J connectivity index is 0.00000578. The molecule has 0 heterocycles. The van der Waals surface area contributed by atoms with Gasteiger partial charge in [-0.05, 0) is 49.2 Å². The van der Waals surface area contributed by atoms with E-state index in [-0.39, 0.29) is 48.7 Å². The van der Waals surface area contributed by atoms with Crippen LogP contribution < -0.4 is 33.6 Å². The standard InChI is InChI=1S/C22H31ClN10.2ClH/c23-16-10-12-18(13-11-16)31-22(27)33-20(25)29-15-7-2-1-6-14-28-19(24)32-21(26)30-17-8-4-3-5-9-17;;/h3-5,8-13H,1-2,6-7,14-15H2,(H5,24,26,28,30,32)(H5,25,27,29,31,33);2*1H. The molecular weight excluding hydrogens is 511 g/mol. The van der Waals surface area contributed by atoms with Gasteiger partial charge in [0.05, 0.1) is 0 Å². The van der Waals surface area contributed by atoms with E-state index in [1.165, 1.54) is 0 Å². The van der Waals surface area contributed by atoms with Gasteiger partial charge >= 0.3 is 0 Å². The maximum atomic E-state index is 5.85. The largest absolute Gasteiger partial charge is 0.369 e. The molecule has 10 N–H and O–H groups in total. The minimum atomic E-state index is 0. The normalized spacial score (nSPS) is 12.4. The molecule has 35 heavy (non-hydrogen) atoms. The third-order valence-electron chi connectivity index (χ3n) is 4.25. The van der Waals surface area contributed by atoms with Crippen molar-refractivity contribution < 1.29 is 0 Å². The maximum absolute atomic E-state index is 5.85. The molecule has 13 heteroatoms. The number of guanidine groups is 4. The molecule has 0 fully saturated rings. The van der Waals surface area contributed by atoms with Crippen molar-refractivity contribution in [2.24, 2.45) is 42.9 Å². The molecule has 2 aromatic carbocycles. The first kappa shape index (κ1) is 31.8. The first-order valence-corrected chi connectivity index (χ1v) is 10.9. The Morgan fingerprint density at radius 2 is 1.06 bits per heavy atom. The third-order valence-corrected chi connectivity index (χ3v) is 4.50.